The first-order valence-corrected chi connectivity index (χ1v) is 12.9. The molecule has 40 heavy (non-hydrogen) atoms. The molecule has 0 amide bonds. The van der Waals surface area contributed by atoms with Crippen LogP contribution in [0.1, 0.15) is 41.4 Å². The number of piperidine rings is 1. The average Bonchev–Trinajstić information content (AvgIpc) is 3.21. The molecule has 1 atom stereocenters. The average molecular weight is 551 g/mol. The van der Waals surface area contributed by atoms with E-state index in [4.69, 9.17) is 19.7 Å². The molecule has 0 saturated carbocycles. The van der Waals surface area contributed by atoms with E-state index in [1.807, 2.05) is 49.4 Å². The van der Waals surface area contributed by atoms with Gasteiger partial charge in [-0.3, -0.25) is 14.5 Å². The van der Waals surface area contributed by atoms with Gasteiger partial charge in [0.2, 0.25) is 0 Å². The normalized spacial score (nSPS) is 15.3. The van der Waals surface area contributed by atoms with Crippen molar-refractivity contribution in [1.82, 2.24) is 9.47 Å². The maximum Gasteiger partial charge on any atom is 0.328 e. The lowest BCUT2D eigenvalue weighted by Crippen LogP contribution is -2.41. The molecule has 212 valence electrons. The molecule has 2 heterocycles. The van der Waals surface area contributed by atoms with E-state index in [0.717, 1.165) is 66.9 Å². The maximum absolute atomic E-state index is 13.4. The van der Waals surface area contributed by atoms with Gasteiger partial charge in [0.25, 0.3) is 0 Å². The molecule has 1 aromatic heterocycles. The van der Waals surface area contributed by atoms with Gasteiger partial charge in [0, 0.05) is 60.9 Å². The third-order valence-electron chi connectivity index (χ3n) is 6.61. The fraction of sp³-hybridized carbons (Fsp3) is 0.333. The van der Waals surface area contributed by atoms with E-state index in [-0.39, 0.29) is 17.9 Å². The summed E-state index contributed by atoms with van der Waals surface area (Å²) in [6.45, 7) is 6.86. The standard InChI is InChI=1S/C26H30N2O4.C4H4O4/c1-18-25(26(30)20-10-12-21(31-3)13-11-20)23-8-4-5-9-24(23)28(18)16-15-27-14-6-7-22(17-27)32-19(2)29;5-3(6)1-2-4(7)8/h4-5,8-13,22H,6-7,14-17H2,1-3H3;1-2H,(H,5,6)(H,7,8)/b;2-1-. The van der Waals surface area contributed by atoms with Gasteiger partial charge in [-0.05, 0) is 56.6 Å². The van der Waals surface area contributed by atoms with Crippen LogP contribution in [0.4, 0.5) is 0 Å². The molecule has 10 heteroatoms. The van der Waals surface area contributed by atoms with Crippen LogP contribution in [0.2, 0.25) is 0 Å². The number of nitrogens with zero attached hydrogens (tertiary/aromatic N) is 2. The lowest BCUT2D eigenvalue weighted by atomic mass is 10.0. The van der Waals surface area contributed by atoms with Crippen LogP contribution >= 0.6 is 0 Å². The van der Waals surface area contributed by atoms with Crippen LogP contribution < -0.4 is 4.74 Å². The van der Waals surface area contributed by atoms with Crippen molar-refractivity contribution >= 4 is 34.6 Å². The molecule has 1 fully saturated rings. The fourth-order valence-electron chi connectivity index (χ4n) is 4.82. The van der Waals surface area contributed by atoms with Gasteiger partial charge in [0.05, 0.1) is 12.7 Å². The Morgan fingerprint density at radius 2 is 1.62 bits per heavy atom. The number of benzene rings is 2. The third kappa shape index (κ3) is 8.03. The molecule has 1 aliphatic rings. The Bertz CT molecular complexity index is 1370. The summed E-state index contributed by atoms with van der Waals surface area (Å²) in [5.41, 5.74) is 3.44. The van der Waals surface area contributed by atoms with Crippen LogP contribution in [0, 0.1) is 6.92 Å². The van der Waals surface area contributed by atoms with Crippen LogP contribution in [0.5, 0.6) is 5.75 Å². The second-order valence-corrected chi connectivity index (χ2v) is 9.37. The minimum absolute atomic E-state index is 0.0213. The molecule has 0 aliphatic carbocycles. The van der Waals surface area contributed by atoms with Crippen molar-refractivity contribution in [2.45, 2.75) is 39.3 Å². The predicted molar refractivity (Wildman–Crippen MR) is 149 cm³/mol. The molecule has 0 spiro atoms. The van der Waals surface area contributed by atoms with E-state index in [1.54, 1.807) is 7.11 Å². The lowest BCUT2D eigenvalue weighted by Gasteiger charge is -2.32. The van der Waals surface area contributed by atoms with Crippen molar-refractivity contribution in [3.05, 3.63) is 77.5 Å². The Morgan fingerprint density at radius 1 is 0.975 bits per heavy atom. The summed E-state index contributed by atoms with van der Waals surface area (Å²) in [6, 6.07) is 15.3. The second kappa shape index (κ2) is 14.1. The van der Waals surface area contributed by atoms with Crippen LogP contribution in [0.3, 0.4) is 0 Å². The first-order valence-electron chi connectivity index (χ1n) is 12.9. The first-order chi connectivity index (χ1) is 19.1. The van der Waals surface area contributed by atoms with Gasteiger partial charge in [-0.1, -0.05) is 18.2 Å². The van der Waals surface area contributed by atoms with E-state index in [2.05, 4.69) is 15.5 Å². The van der Waals surface area contributed by atoms with Gasteiger partial charge in [-0.15, -0.1) is 0 Å². The van der Waals surface area contributed by atoms with Gasteiger partial charge in [0.1, 0.15) is 11.9 Å². The number of fused-ring (bicyclic) bond motifs is 1. The monoisotopic (exact) mass is 550 g/mol. The van der Waals surface area contributed by atoms with E-state index in [1.165, 1.54) is 6.92 Å². The molecule has 1 saturated heterocycles. The number of hydrogen-bond acceptors (Lipinski definition) is 7. The first kappa shape index (κ1) is 30.1. The van der Waals surface area contributed by atoms with Gasteiger partial charge >= 0.3 is 17.9 Å². The maximum atomic E-state index is 13.4. The van der Waals surface area contributed by atoms with Crippen molar-refractivity contribution in [1.29, 1.82) is 0 Å². The van der Waals surface area contributed by atoms with Crippen molar-refractivity contribution in [2.24, 2.45) is 0 Å². The highest BCUT2D eigenvalue weighted by Gasteiger charge is 2.24. The van der Waals surface area contributed by atoms with E-state index in [0.29, 0.717) is 17.7 Å². The molecule has 2 N–H and O–H groups in total. The molecular weight excluding hydrogens is 516 g/mol. The molecular formula is C30H34N2O8. The Balaban J connectivity index is 0.000000482. The number of rotatable bonds is 9. The molecule has 10 nitrogen and oxygen atoms in total. The fourth-order valence-corrected chi connectivity index (χ4v) is 4.82. The zero-order chi connectivity index (χ0) is 29.2. The molecule has 0 radical (unpaired) electrons. The van der Waals surface area contributed by atoms with Crippen molar-refractivity contribution in [2.75, 3.05) is 26.7 Å². The topological polar surface area (TPSA) is 135 Å². The molecule has 4 rings (SSSR count). The molecule has 2 aromatic carbocycles. The number of carboxylic acid groups (broad SMARTS) is 2. The molecule has 1 aliphatic heterocycles. The van der Waals surface area contributed by atoms with Crippen LogP contribution in [0.15, 0.2) is 60.7 Å². The SMILES string of the molecule is COc1ccc(C(=O)c2c(C)n(CCN3CCCC(OC(C)=O)C3)c3ccccc23)cc1.O=C(O)/C=C\C(=O)O. The highest BCUT2D eigenvalue weighted by Crippen LogP contribution is 2.29. The lowest BCUT2D eigenvalue weighted by molar-refractivity contribution is -0.148. The van der Waals surface area contributed by atoms with Gasteiger partial charge in [-0.25, -0.2) is 9.59 Å². The Kier molecular flexibility index (Phi) is 10.6. The number of carbonyl (C=O) groups excluding carboxylic acids is 2. The summed E-state index contributed by atoms with van der Waals surface area (Å²) in [5, 5.41) is 16.6. The number of ketones is 1. The number of carboxylic acids is 2. The molecule has 3 aromatic rings. The van der Waals surface area contributed by atoms with Crippen molar-refractivity contribution < 1.29 is 38.9 Å². The number of ether oxygens (including phenoxy) is 2. The minimum atomic E-state index is -1.26. The Labute approximate surface area is 232 Å². The highest BCUT2D eigenvalue weighted by atomic mass is 16.5. The zero-order valence-corrected chi connectivity index (χ0v) is 22.8. The quantitative estimate of drug-likeness (QED) is 0.231. The smallest absolute Gasteiger partial charge is 0.328 e. The van der Waals surface area contributed by atoms with E-state index in [9.17, 15) is 19.2 Å². The van der Waals surface area contributed by atoms with Gasteiger partial charge in [0.15, 0.2) is 5.78 Å². The van der Waals surface area contributed by atoms with Crippen molar-refractivity contribution in [3.63, 3.8) is 0 Å². The van der Waals surface area contributed by atoms with Crippen LogP contribution in [-0.2, 0) is 25.7 Å². The summed E-state index contributed by atoms with van der Waals surface area (Å²) in [6.07, 6.45) is 3.02. The Morgan fingerprint density at radius 3 is 2.23 bits per heavy atom. The molecule has 0 bridgehead atoms. The van der Waals surface area contributed by atoms with E-state index < -0.39 is 11.9 Å². The predicted octanol–water partition coefficient (Wildman–Crippen LogP) is 3.93. The second-order valence-electron chi connectivity index (χ2n) is 9.37. The number of likely N-dealkylation sites (tertiary alicyclic amines) is 1. The number of hydrogen-bond donors (Lipinski definition) is 2. The summed E-state index contributed by atoms with van der Waals surface area (Å²) in [4.78, 5) is 46.2. The number of aromatic nitrogens is 1. The number of esters is 1. The minimum Gasteiger partial charge on any atom is -0.497 e. The number of aliphatic carboxylic acids is 2. The van der Waals surface area contributed by atoms with Crippen LogP contribution in [0.25, 0.3) is 10.9 Å². The van der Waals surface area contributed by atoms with E-state index >= 15 is 0 Å². The summed E-state index contributed by atoms with van der Waals surface area (Å²) >= 11 is 0. The number of methoxy groups -OCH3 is 1. The molecule has 1 unspecified atom stereocenters. The largest absolute Gasteiger partial charge is 0.497 e. The zero-order valence-electron chi connectivity index (χ0n) is 22.8. The van der Waals surface area contributed by atoms with Gasteiger partial charge < -0.3 is 24.3 Å². The summed E-state index contributed by atoms with van der Waals surface area (Å²) in [7, 11) is 1.62. The van der Waals surface area contributed by atoms with Crippen LogP contribution in [-0.4, -0.2) is 76.2 Å². The highest BCUT2D eigenvalue weighted by molar-refractivity contribution is 6.17. The summed E-state index contributed by atoms with van der Waals surface area (Å²) < 4.78 is 12.9. The van der Waals surface area contributed by atoms with Crippen molar-refractivity contribution in [3.8, 4) is 5.75 Å². The van der Waals surface area contributed by atoms with Gasteiger partial charge in [-0.2, -0.15) is 0 Å². The number of para-hydroxylation sites is 1. The third-order valence-corrected chi connectivity index (χ3v) is 6.61. The Hall–Kier alpha value is -4.44. The number of carbonyl (C=O) groups is 4. The summed E-state index contributed by atoms with van der Waals surface area (Å²) in [5.74, 6) is -1.98.